The highest BCUT2D eigenvalue weighted by Gasteiger charge is 2.47. The van der Waals surface area contributed by atoms with Crippen molar-refractivity contribution in [1.29, 1.82) is 0 Å². The molecule has 0 spiro atoms. The Balaban J connectivity index is 1.73. The zero-order chi connectivity index (χ0) is 10.4. The molecule has 3 atom stereocenters. The van der Waals surface area contributed by atoms with Gasteiger partial charge in [-0.25, -0.2) is 0 Å². The number of aromatic nitrogens is 2. The Morgan fingerprint density at radius 2 is 2.13 bits per heavy atom. The average Bonchev–Trinajstić information content (AvgIpc) is 2.75. The van der Waals surface area contributed by atoms with E-state index >= 15 is 0 Å². The van der Waals surface area contributed by atoms with Gasteiger partial charge in [0.25, 0.3) is 0 Å². The Labute approximate surface area is 88.7 Å². The second-order valence-corrected chi connectivity index (χ2v) is 4.84. The monoisotopic (exact) mass is 208 g/mol. The summed E-state index contributed by atoms with van der Waals surface area (Å²) in [7, 11) is 0. The van der Waals surface area contributed by atoms with Crippen LogP contribution in [0.25, 0.3) is 0 Å². The summed E-state index contributed by atoms with van der Waals surface area (Å²) in [5.74, 6) is 3.49. The first-order chi connectivity index (χ1) is 7.28. The van der Waals surface area contributed by atoms with E-state index < -0.39 is 6.10 Å². The fourth-order valence-electron chi connectivity index (χ4n) is 2.65. The average molecular weight is 208 g/mol. The summed E-state index contributed by atoms with van der Waals surface area (Å²) in [4.78, 5) is 4.29. The minimum Gasteiger partial charge on any atom is -0.385 e. The Kier molecular flexibility index (Phi) is 2.06. The van der Waals surface area contributed by atoms with Crippen LogP contribution in [-0.2, 0) is 0 Å². The van der Waals surface area contributed by atoms with E-state index in [9.17, 15) is 5.11 Å². The Bertz CT molecular complexity index is 353. The van der Waals surface area contributed by atoms with Crippen LogP contribution in [0.1, 0.15) is 56.3 Å². The van der Waals surface area contributed by atoms with Crippen LogP contribution in [-0.4, -0.2) is 15.2 Å². The molecule has 0 bridgehead atoms. The molecular weight excluding hydrogens is 192 g/mol. The number of hydrogen-bond donors (Lipinski definition) is 1. The van der Waals surface area contributed by atoms with Crippen molar-refractivity contribution in [2.24, 2.45) is 11.8 Å². The predicted molar refractivity (Wildman–Crippen MR) is 53.1 cm³/mol. The third-order valence-corrected chi connectivity index (χ3v) is 3.73. The third kappa shape index (κ3) is 1.57. The minimum absolute atomic E-state index is 0.452. The van der Waals surface area contributed by atoms with Crippen molar-refractivity contribution in [3.63, 3.8) is 0 Å². The Morgan fingerprint density at radius 3 is 2.80 bits per heavy atom. The van der Waals surface area contributed by atoms with Gasteiger partial charge in [-0.1, -0.05) is 12.1 Å². The van der Waals surface area contributed by atoms with Crippen molar-refractivity contribution in [2.75, 3.05) is 0 Å². The molecule has 0 aliphatic heterocycles. The lowest BCUT2D eigenvalue weighted by Crippen LogP contribution is -2.00. The molecule has 1 heterocycles. The third-order valence-electron chi connectivity index (χ3n) is 3.73. The molecule has 0 saturated heterocycles. The summed E-state index contributed by atoms with van der Waals surface area (Å²) in [6.07, 6.45) is 3.87. The van der Waals surface area contributed by atoms with Crippen molar-refractivity contribution in [1.82, 2.24) is 10.1 Å². The van der Waals surface area contributed by atoms with E-state index in [1.54, 1.807) is 0 Å². The fraction of sp³-hybridized carbons (Fsp3) is 0.818. The maximum absolute atomic E-state index is 9.56. The molecule has 15 heavy (non-hydrogen) atoms. The van der Waals surface area contributed by atoms with Gasteiger partial charge in [-0.05, 0) is 37.5 Å². The highest BCUT2D eigenvalue weighted by molar-refractivity contribution is 5.07. The van der Waals surface area contributed by atoms with Crippen LogP contribution in [0.2, 0.25) is 0 Å². The normalized spacial score (nSPS) is 35.2. The van der Waals surface area contributed by atoms with E-state index in [1.165, 1.54) is 19.3 Å². The summed E-state index contributed by atoms with van der Waals surface area (Å²) in [5.41, 5.74) is 0. The largest absolute Gasteiger partial charge is 0.385 e. The molecule has 1 N–H and O–H groups in total. The van der Waals surface area contributed by atoms with Crippen molar-refractivity contribution >= 4 is 0 Å². The maximum Gasteiger partial charge on any atom is 0.229 e. The lowest BCUT2D eigenvalue weighted by Gasteiger charge is -2.04. The second-order valence-electron chi connectivity index (χ2n) is 4.84. The number of hydrogen-bond acceptors (Lipinski definition) is 4. The van der Waals surface area contributed by atoms with Gasteiger partial charge in [-0.3, -0.25) is 0 Å². The van der Waals surface area contributed by atoms with Crippen LogP contribution >= 0.6 is 0 Å². The molecule has 2 aliphatic carbocycles. The highest BCUT2D eigenvalue weighted by Crippen LogP contribution is 2.57. The summed E-state index contributed by atoms with van der Waals surface area (Å²) in [5, 5.41) is 13.4. The fourth-order valence-corrected chi connectivity index (χ4v) is 2.65. The summed E-state index contributed by atoms with van der Waals surface area (Å²) >= 11 is 0. The molecule has 0 amide bonds. The summed E-state index contributed by atoms with van der Waals surface area (Å²) < 4.78 is 5.22. The summed E-state index contributed by atoms with van der Waals surface area (Å²) in [6, 6.07) is 0. The molecule has 4 nitrogen and oxygen atoms in total. The van der Waals surface area contributed by atoms with E-state index in [4.69, 9.17) is 4.52 Å². The van der Waals surface area contributed by atoms with Crippen LogP contribution in [0, 0.1) is 11.8 Å². The number of aliphatic hydroxyl groups excluding tert-OH is 1. The highest BCUT2D eigenvalue weighted by atomic mass is 16.5. The molecular formula is C11H16N2O2. The summed E-state index contributed by atoms with van der Waals surface area (Å²) in [6.45, 7) is 1.91. The number of nitrogens with zero attached hydrogens (tertiary/aromatic N) is 2. The zero-order valence-corrected chi connectivity index (χ0v) is 8.89. The van der Waals surface area contributed by atoms with Gasteiger partial charge < -0.3 is 9.63 Å². The first kappa shape index (κ1) is 9.33. The number of aliphatic hydroxyl groups is 1. The van der Waals surface area contributed by atoms with Crippen LogP contribution in [0.15, 0.2) is 4.52 Å². The van der Waals surface area contributed by atoms with E-state index in [0.717, 1.165) is 17.7 Å². The topological polar surface area (TPSA) is 59.2 Å². The lowest BCUT2D eigenvalue weighted by molar-refractivity contribution is 0.159. The second kappa shape index (κ2) is 3.30. The van der Waals surface area contributed by atoms with Crippen molar-refractivity contribution in [3.05, 3.63) is 11.7 Å². The van der Waals surface area contributed by atoms with Gasteiger partial charge in [-0.2, -0.15) is 4.98 Å². The maximum atomic E-state index is 9.56. The lowest BCUT2D eigenvalue weighted by atomic mass is 10.0. The molecule has 0 aromatic carbocycles. The van der Waals surface area contributed by atoms with E-state index in [0.29, 0.717) is 18.2 Å². The molecule has 2 fully saturated rings. The molecule has 3 unspecified atom stereocenters. The molecule has 2 aliphatic rings. The number of fused-ring (bicyclic) bond motifs is 1. The molecule has 3 rings (SSSR count). The minimum atomic E-state index is -0.571. The first-order valence-electron chi connectivity index (χ1n) is 5.79. The molecule has 4 heteroatoms. The van der Waals surface area contributed by atoms with Gasteiger partial charge in [-0.15, -0.1) is 0 Å². The van der Waals surface area contributed by atoms with Crippen LogP contribution in [0.3, 0.4) is 0 Å². The standard InChI is InChI=1S/C11H16N2O2/c1-2-9(14)10-12-11(15-13-10)8-4-6-3-7(6)5-8/h6-9,14H,2-5H2,1H3. The van der Waals surface area contributed by atoms with Crippen molar-refractivity contribution < 1.29 is 9.63 Å². The van der Waals surface area contributed by atoms with Crippen LogP contribution in [0.5, 0.6) is 0 Å². The molecule has 1 aromatic rings. The molecule has 2 saturated carbocycles. The van der Waals surface area contributed by atoms with Gasteiger partial charge in [0.2, 0.25) is 5.89 Å². The predicted octanol–water partition coefficient (Wildman–Crippen LogP) is 2.03. The van der Waals surface area contributed by atoms with E-state index in [1.807, 2.05) is 6.92 Å². The van der Waals surface area contributed by atoms with Gasteiger partial charge in [0.05, 0.1) is 0 Å². The van der Waals surface area contributed by atoms with Crippen LogP contribution in [0.4, 0.5) is 0 Å². The van der Waals surface area contributed by atoms with Crippen molar-refractivity contribution in [2.45, 2.75) is 44.6 Å². The molecule has 82 valence electrons. The smallest absolute Gasteiger partial charge is 0.229 e. The Morgan fingerprint density at radius 1 is 1.40 bits per heavy atom. The Hall–Kier alpha value is -0.900. The van der Waals surface area contributed by atoms with Crippen molar-refractivity contribution in [3.8, 4) is 0 Å². The zero-order valence-electron chi connectivity index (χ0n) is 8.89. The molecule has 1 aromatic heterocycles. The van der Waals surface area contributed by atoms with E-state index in [2.05, 4.69) is 10.1 Å². The SMILES string of the molecule is CCC(O)c1noc(C2CC3CC3C2)n1. The van der Waals surface area contributed by atoms with Gasteiger partial charge >= 0.3 is 0 Å². The van der Waals surface area contributed by atoms with Gasteiger partial charge in [0.15, 0.2) is 5.82 Å². The quantitative estimate of drug-likeness (QED) is 0.825. The number of rotatable bonds is 3. The molecule has 0 radical (unpaired) electrons. The van der Waals surface area contributed by atoms with Gasteiger partial charge in [0.1, 0.15) is 6.10 Å². The van der Waals surface area contributed by atoms with Crippen LogP contribution < -0.4 is 0 Å². The van der Waals surface area contributed by atoms with Gasteiger partial charge in [0, 0.05) is 5.92 Å². The first-order valence-corrected chi connectivity index (χ1v) is 5.79. The van der Waals surface area contributed by atoms with E-state index in [-0.39, 0.29) is 0 Å².